The number of carbonyl (C=O) groups excluding carboxylic acids is 1. The normalized spacial score (nSPS) is 17.4. The van der Waals surface area contributed by atoms with Gasteiger partial charge in [0.05, 0.1) is 6.54 Å². The van der Waals surface area contributed by atoms with E-state index in [-0.39, 0.29) is 11.7 Å². The van der Waals surface area contributed by atoms with E-state index in [0.717, 1.165) is 92.0 Å². The Bertz CT molecular complexity index is 1520. The zero-order chi connectivity index (χ0) is 28.2. The Morgan fingerprint density at radius 3 is 2.56 bits per heavy atom. The van der Waals surface area contributed by atoms with E-state index in [2.05, 4.69) is 51.1 Å². The van der Waals surface area contributed by atoms with E-state index in [1.54, 1.807) is 18.2 Å². The van der Waals surface area contributed by atoms with Crippen LogP contribution in [0.15, 0.2) is 65.7 Å². The number of likely N-dealkylation sites (N-methyl/N-ethyl adjacent to an activating group) is 1. The van der Waals surface area contributed by atoms with Gasteiger partial charge in [-0.2, -0.15) is 0 Å². The number of fused-ring (bicyclic) bond motifs is 1. The number of nitrogens with one attached hydrogen (secondary N) is 1. The van der Waals surface area contributed by atoms with Crippen LogP contribution in [0.4, 0.5) is 5.69 Å². The SMILES string of the molecule is CN1CCN(c2ccc(C(=O)NC3=NCc4cc(C#Cc5cccc(O)c5)ccc43)c(CC3CCOCC3)c2)CC1. The van der Waals surface area contributed by atoms with Gasteiger partial charge < -0.3 is 25.0 Å². The number of rotatable bonds is 4. The molecule has 41 heavy (non-hydrogen) atoms. The van der Waals surface area contributed by atoms with Crippen LogP contribution in [0.3, 0.4) is 0 Å². The smallest absolute Gasteiger partial charge is 0.257 e. The van der Waals surface area contributed by atoms with Gasteiger partial charge in [0.1, 0.15) is 11.6 Å². The summed E-state index contributed by atoms with van der Waals surface area (Å²) in [4.78, 5) is 23.1. The molecular formula is C34H36N4O3. The van der Waals surface area contributed by atoms with Crippen molar-refractivity contribution in [2.75, 3.05) is 51.3 Å². The van der Waals surface area contributed by atoms with E-state index < -0.39 is 0 Å². The maximum absolute atomic E-state index is 13.7. The number of amidine groups is 1. The summed E-state index contributed by atoms with van der Waals surface area (Å²) in [6.45, 7) is 6.15. The third-order valence-electron chi connectivity index (χ3n) is 8.25. The van der Waals surface area contributed by atoms with Gasteiger partial charge in [-0.1, -0.05) is 17.9 Å². The Kier molecular flexibility index (Phi) is 8.04. The number of nitrogens with zero attached hydrogens (tertiary/aromatic N) is 3. The van der Waals surface area contributed by atoms with Gasteiger partial charge in [-0.3, -0.25) is 9.79 Å². The molecule has 0 saturated carbocycles. The predicted octanol–water partition coefficient (Wildman–Crippen LogP) is 4.20. The van der Waals surface area contributed by atoms with Crippen LogP contribution < -0.4 is 10.2 Å². The number of hydrogen-bond acceptors (Lipinski definition) is 6. The monoisotopic (exact) mass is 548 g/mol. The molecule has 7 heteroatoms. The lowest BCUT2D eigenvalue weighted by molar-refractivity contribution is 0.0664. The van der Waals surface area contributed by atoms with Crippen molar-refractivity contribution in [3.8, 4) is 17.6 Å². The second-order valence-corrected chi connectivity index (χ2v) is 11.2. The lowest BCUT2D eigenvalue weighted by atomic mass is 9.89. The Morgan fingerprint density at radius 2 is 1.78 bits per heavy atom. The van der Waals surface area contributed by atoms with Crippen molar-refractivity contribution in [1.29, 1.82) is 0 Å². The summed E-state index contributed by atoms with van der Waals surface area (Å²) in [5.41, 5.74) is 6.61. The molecule has 3 aromatic rings. The molecule has 0 radical (unpaired) electrons. The topological polar surface area (TPSA) is 77.4 Å². The van der Waals surface area contributed by atoms with Crippen LogP contribution in [0.1, 0.15) is 51.0 Å². The van der Waals surface area contributed by atoms with Crippen LogP contribution in [-0.4, -0.2) is 68.2 Å². The Labute approximate surface area is 241 Å². The second kappa shape index (κ2) is 12.2. The molecule has 7 nitrogen and oxygen atoms in total. The molecule has 0 aromatic heterocycles. The van der Waals surface area contributed by atoms with Gasteiger partial charge in [-0.15, -0.1) is 0 Å². The first-order chi connectivity index (χ1) is 20.0. The lowest BCUT2D eigenvalue weighted by Crippen LogP contribution is -2.44. The highest BCUT2D eigenvalue weighted by Crippen LogP contribution is 2.27. The molecule has 2 saturated heterocycles. The summed E-state index contributed by atoms with van der Waals surface area (Å²) in [7, 11) is 2.16. The summed E-state index contributed by atoms with van der Waals surface area (Å²) in [6, 6.07) is 19.2. The molecule has 0 atom stereocenters. The minimum absolute atomic E-state index is 0.114. The zero-order valence-electron chi connectivity index (χ0n) is 23.5. The van der Waals surface area contributed by atoms with Crippen LogP contribution in [0, 0.1) is 17.8 Å². The maximum atomic E-state index is 13.7. The molecule has 1 amide bonds. The van der Waals surface area contributed by atoms with E-state index in [1.807, 2.05) is 30.3 Å². The quantitative estimate of drug-likeness (QED) is 0.478. The average Bonchev–Trinajstić information content (AvgIpc) is 3.38. The van der Waals surface area contributed by atoms with E-state index in [4.69, 9.17) is 4.74 Å². The fourth-order valence-electron chi connectivity index (χ4n) is 5.79. The van der Waals surface area contributed by atoms with Gasteiger partial charge in [-0.25, -0.2) is 0 Å². The van der Waals surface area contributed by atoms with Crippen molar-refractivity contribution >= 4 is 17.4 Å². The molecule has 3 aliphatic heterocycles. The Morgan fingerprint density at radius 1 is 1.00 bits per heavy atom. The van der Waals surface area contributed by atoms with Gasteiger partial charge in [0.25, 0.3) is 5.91 Å². The molecule has 210 valence electrons. The summed E-state index contributed by atoms with van der Waals surface area (Å²) < 4.78 is 5.59. The number of phenols is 1. The van der Waals surface area contributed by atoms with Crippen LogP contribution in [-0.2, 0) is 17.7 Å². The third-order valence-corrected chi connectivity index (χ3v) is 8.25. The van der Waals surface area contributed by atoms with E-state index in [0.29, 0.717) is 18.3 Å². The van der Waals surface area contributed by atoms with E-state index in [9.17, 15) is 9.90 Å². The fraction of sp³-hybridized carbons (Fsp3) is 0.353. The number of benzene rings is 3. The molecule has 0 spiro atoms. The van der Waals surface area contributed by atoms with E-state index in [1.165, 1.54) is 5.69 Å². The highest BCUT2D eigenvalue weighted by molar-refractivity contribution is 6.14. The molecule has 0 aliphatic carbocycles. The van der Waals surface area contributed by atoms with Gasteiger partial charge in [0, 0.05) is 67.3 Å². The number of hydrogen-bond donors (Lipinski definition) is 2. The maximum Gasteiger partial charge on any atom is 0.257 e. The molecule has 2 N–H and O–H groups in total. The summed E-state index contributed by atoms with van der Waals surface area (Å²) in [5.74, 6) is 7.47. The number of aliphatic imine (C=N–C) groups is 1. The largest absolute Gasteiger partial charge is 0.508 e. The number of aromatic hydroxyl groups is 1. The fourth-order valence-corrected chi connectivity index (χ4v) is 5.79. The standard InChI is InChI=1S/C34H36N4O3/c1-37-13-15-38(16-14-37)29-8-10-32(27(22-29)19-26-11-17-41-18-12-26)34(40)36-33-31-9-7-25(20-28(31)23-35-33)6-5-24-3-2-4-30(39)21-24/h2-4,7-10,20-22,26,39H,11-19,23H2,1H3,(H,35,36,40). The molecule has 0 bridgehead atoms. The predicted molar refractivity (Wildman–Crippen MR) is 162 cm³/mol. The minimum Gasteiger partial charge on any atom is -0.508 e. The number of anilines is 1. The van der Waals surface area contributed by atoms with Crippen molar-refractivity contribution in [3.05, 3.63) is 94.0 Å². The van der Waals surface area contributed by atoms with Crippen LogP contribution in [0.25, 0.3) is 0 Å². The number of amides is 1. The second-order valence-electron chi connectivity index (χ2n) is 11.2. The van der Waals surface area contributed by atoms with Crippen molar-refractivity contribution in [2.24, 2.45) is 10.9 Å². The van der Waals surface area contributed by atoms with Crippen molar-refractivity contribution in [3.63, 3.8) is 0 Å². The van der Waals surface area contributed by atoms with Gasteiger partial charge in [0.2, 0.25) is 0 Å². The van der Waals surface area contributed by atoms with Crippen molar-refractivity contribution in [1.82, 2.24) is 10.2 Å². The van der Waals surface area contributed by atoms with E-state index >= 15 is 0 Å². The zero-order valence-corrected chi connectivity index (χ0v) is 23.5. The third kappa shape index (κ3) is 6.45. The van der Waals surface area contributed by atoms with Gasteiger partial charge in [-0.05, 0) is 98.0 Å². The van der Waals surface area contributed by atoms with Gasteiger partial charge >= 0.3 is 0 Å². The number of ether oxygens (including phenoxy) is 1. The summed E-state index contributed by atoms with van der Waals surface area (Å²) in [5, 5.41) is 12.8. The number of phenolic OH excluding ortho intramolecular Hbond substituents is 1. The van der Waals surface area contributed by atoms with Crippen LogP contribution in [0.2, 0.25) is 0 Å². The van der Waals surface area contributed by atoms with Crippen LogP contribution in [0.5, 0.6) is 5.75 Å². The molecule has 2 fully saturated rings. The lowest BCUT2D eigenvalue weighted by Gasteiger charge is -2.34. The minimum atomic E-state index is -0.114. The first-order valence-electron chi connectivity index (χ1n) is 14.5. The number of carbonyl (C=O) groups is 1. The molecule has 6 rings (SSSR count). The Balaban J connectivity index is 1.19. The van der Waals surface area contributed by atoms with Crippen molar-refractivity contribution < 1.29 is 14.6 Å². The highest BCUT2D eigenvalue weighted by atomic mass is 16.5. The van der Waals surface area contributed by atoms with Crippen molar-refractivity contribution in [2.45, 2.75) is 25.8 Å². The Hall–Kier alpha value is -4.12. The molecule has 3 aliphatic rings. The molecule has 0 unspecified atom stereocenters. The first-order valence-corrected chi connectivity index (χ1v) is 14.5. The molecule has 3 aromatic carbocycles. The summed E-state index contributed by atoms with van der Waals surface area (Å²) >= 11 is 0. The van der Waals surface area contributed by atoms with Gasteiger partial charge in [0.15, 0.2) is 0 Å². The average molecular weight is 549 g/mol. The highest BCUT2D eigenvalue weighted by Gasteiger charge is 2.24. The van der Waals surface area contributed by atoms with Crippen LogP contribution >= 0.6 is 0 Å². The number of piperazine rings is 1. The molecular weight excluding hydrogens is 512 g/mol. The molecule has 3 heterocycles. The first kappa shape index (κ1) is 27.1. The summed E-state index contributed by atoms with van der Waals surface area (Å²) in [6.07, 6.45) is 2.92.